The molecule has 0 bridgehead atoms. The van der Waals surface area contributed by atoms with E-state index in [0.717, 1.165) is 0 Å². The molecule has 1 aliphatic heterocycles. The van der Waals surface area contributed by atoms with Crippen LogP contribution in [-0.2, 0) is 4.79 Å². The van der Waals surface area contributed by atoms with Crippen LogP contribution in [0.4, 0.5) is 4.39 Å². The monoisotopic (exact) mass is 132 g/mol. The van der Waals surface area contributed by atoms with E-state index in [2.05, 4.69) is 5.32 Å². The lowest BCUT2D eigenvalue weighted by atomic mass is 10.1. The highest BCUT2D eigenvalue weighted by atomic mass is 19.1. The van der Waals surface area contributed by atoms with Crippen LogP contribution in [0.25, 0.3) is 0 Å². The van der Waals surface area contributed by atoms with E-state index in [1.165, 1.54) is 0 Å². The molecule has 0 saturated carbocycles. The summed E-state index contributed by atoms with van der Waals surface area (Å²) in [5.74, 6) is -0.291. The summed E-state index contributed by atoms with van der Waals surface area (Å²) < 4.78 is 12.3. The summed E-state index contributed by atoms with van der Waals surface area (Å²) in [5, 5.41) is 2.12. The minimum absolute atomic E-state index is 0.242. The number of halogens is 1. The third-order valence-electron chi connectivity index (χ3n) is 1.27. The van der Waals surface area contributed by atoms with Gasteiger partial charge in [0.25, 0.3) is 0 Å². The SMILES string of the molecule is NC1CC(=O)NC(F)C1. The van der Waals surface area contributed by atoms with Crippen LogP contribution in [0.3, 0.4) is 0 Å². The van der Waals surface area contributed by atoms with Crippen molar-refractivity contribution in [3.8, 4) is 0 Å². The molecule has 1 fully saturated rings. The Balaban J connectivity index is 2.43. The number of carbonyl (C=O) groups is 1. The Kier molecular flexibility index (Phi) is 1.66. The molecule has 0 aromatic heterocycles. The fraction of sp³-hybridized carbons (Fsp3) is 0.800. The van der Waals surface area contributed by atoms with Gasteiger partial charge in [-0.05, 0) is 0 Å². The standard InChI is InChI=1S/C5H9FN2O/c6-4-1-3(7)2-5(9)8-4/h3-4H,1-2,7H2,(H,8,9). The second-order valence-corrected chi connectivity index (χ2v) is 2.23. The van der Waals surface area contributed by atoms with Gasteiger partial charge < -0.3 is 11.1 Å². The predicted molar refractivity (Wildman–Crippen MR) is 30.2 cm³/mol. The van der Waals surface area contributed by atoms with Crippen molar-refractivity contribution in [3.63, 3.8) is 0 Å². The number of piperidine rings is 1. The molecule has 3 N–H and O–H groups in total. The molecule has 52 valence electrons. The summed E-state index contributed by atoms with van der Waals surface area (Å²) in [6.45, 7) is 0. The number of rotatable bonds is 0. The molecule has 1 heterocycles. The molecule has 3 nitrogen and oxygen atoms in total. The van der Waals surface area contributed by atoms with Crippen molar-refractivity contribution < 1.29 is 9.18 Å². The Labute approximate surface area is 52.4 Å². The molecule has 2 unspecified atom stereocenters. The summed E-state index contributed by atoms with van der Waals surface area (Å²) in [6.07, 6.45) is -0.743. The van der Waals surface area contributed by atoms with Crippen LogP contribution in [0, 0.1) is 0 Å². The molecule has 1 aliphatic rings. The fourth-order valence-corrected chi connectivity index (χ4v) is 0.880. The van der Waals surface area contributed by atoms with Gasteiger partial charge in [-0.25, -0.2) is 4.39 Å². The number of carbonyl (C=O) groups excluding carboxylic acids is 1. The van der Waals surface area contributed by atoms with Gasteiger partial charge in [0.2, 0.25) is 5.91 Å². The van der Waals surface area contributed by atoms with Crippen LogP contribution in [-0.4, -0.2) is 18.2 Å². The molecule has 0 radical (unpaired) electrons. The van der Waals surface area contributed by atoms with Crippen LogP contribution in [0.1, 0.15) is 12.8 Å². The minimum Gasteiger partial charge on any atom is -0.327 e. The molecule has 1 saturated heterocycles. The van der Waals surface area contributed by atoms with Gasteiger partial charge in [-0.1, -0.05) is 0 Å². The van der Waals surface area contributed by atoms with E-state index in [4.69, 9.17) is 5.73 Å². The maximum atomic E-state index is 12.3. The normalized spacial score (nSPS) is 36.0. The molecule has 9 heavy (non-hydrogen) atoms. The van der Waals surface area contributed by atoms with Gasteiger partial charge in [0, 0.05) is 18.9 Å². The summed E-state index contributed by atoms with van der Waals surface area (Å²) in [7, 11) is 0. The minimum atomic E-state index is -1.23. The van der Waals surface area contributed by atoms with Crippen molar-refractivity contribution in [3.05, 3.63) is 0 Å². The Hall–Kier alpha value is -0.640. The number of amides is 1. The zero-order chi connectivity index (χ0) is 6.85. The van der Waals surface area contributed by atoms with E-state index in [1.807, 2.05) is 0 Å². The second-order valence-electron chi connectivity index (χ2n) is 2.23. The Morgan fingerprint density at radius 3 is 2.89 bits per heavy atom. The lowest BCUT2D eigenvalue weighted by Gasteiger charge is -2.21. The molecular formula is C5H9FN2O. The zero-order valence-electron chi connectivity index (χ0n) is 4.93. The maximum Gasteiger partial charge on any atom is 0.223 e. The van der Waals surface area contributed by atoms with Gasteiger partial charge in [0.05, 0.1) is 0 Å². The van der Waals surface area contributed by atoms with E-state index in [0.29, 0.717) is 0 Å². The molecule has 0 aliphatic carbocycles. The first-order valence-electron chi connectivity index (χ1n) is 2.87. The van der Waals surface area contributed by atoms with E-state index in [1.54, 1.807) is 0 Å². The van der Waals surface area contributed by atoms with Crippen LogP contribution in [0.5, 0.6) is 0 Å². The van der Waals surface area contributed by atoms with Gasteiger partial charge in [-0.3, -0.25) is 4.79 Å². The van der Waals surface area contributed by atoms with Crippen LogP contribution < -0.4 is 11.1 Å². The average molecular weight is 132 g/mol. The molecule has 2 atom stereocenters. The number of alkyl halides is 1. The Morgan fingerprint density at radius 2 is 2.44 bits per heavy atom. The Bertz CT molecular complexity index is 116. The van der Waals surface area contributed by atoms with Crippen molar-refractivity contribution in [1.82, 2.24) is 5.32 Å². The highest BCUT2D eigenvalue weighted by molar-refractivity contribution is 5.77. The second kappa shape index (κ2) is 2.31. The predicted octanol–water partition coefficient (Wildman–Crippen LogP) is -0.481. The lowest BCUT2D eigenvalue weighted by molar-refractivity contribution is -0.125. The van der Waals surface area contributed by atoms with Crippen molar-refractivity contribution >= 4 is 5.91 Å². The summed E-state index contributed by atoms with van der Waals surface area (Å²) in [6, 6.07) is -0.297. The number of nitrogens with two attached hydrogens (primary N) is 1. The lowest BCUT2D eigenvalue weighted by Crippen LogP contribution is -2.45. The molecule has 0 aromatic rings. The highest BCUT2D eigenvalue weighted by Crippen LogP contribution is 2.07. The topological polar surface area (TPSA) is 55.1 Å². The number of hydrogen-bond donors (Lipinski definition) is 2. The van der Waals surface area contributed by atoms with Gasteiger partial charge in [-0.2, -0.15) is 0 Å². The highest BCUT2D eigenvalue weighted by Gasteiger charge is 2.22. The Morgan fingerprint density at radius 1 is 1.78 bits per heavy atom. The average Bonchev–Trinajstić information content (AvgIpc) is 1.59. The van der Waals surface area contributed by atoms with Crippen LogP contribution in [0.2, 0.25) is 0 Å². The summed E-state index contributed by atoms with van der Waals surface area (Å²) in [5.41, 5.74) is 5.31. The fourth-order valence-electron chi connectivity index (χ4n) is 0.880. The van der Waals surface area contributed by atoms with Crippen molar-refractivity contribution in [2.24, 2.45) is 5.73 Å². The molecule has 0 spiro atoms. The van der Waals surface area contributed by atoms with E-state index < -0.39 is 6.30 Å². The summed E-state index contributed by atoms with van der Waals surface area (Å²) in [4.78, 5) is 10.5. The quantitative estimate of drug-likeness (QED) is 0.437. The smallest absolute Gasteiger partial charge is 0.223 e. The van der Waals surface area contributed by atoms with Gasteiger partial charge >= 0.3 is 0 Å². The first-order chi connectivity index (χ1) is 4.18. The zero-order valence-corrected chi connectivity index (χ0v) is 4.93. The molecule has 1 amide bonds. The number of hydrogen-bond acceptors (Lipinski definition) is 2. The number of nitrogens with one attached hydrogen (secondary N) is 1. The molecule has 1 rings (SSSR count). The third kappa shape index (κ3) is 1.64. The van der Waals surface area contributed by atoms with Crippen molar-refractivity contribution in [2.75, 3.05) is 0 Å². The van der Waals surface area contributed by atoms with Crippen LogP contribution >= 0.6 is 0 Å². The first-order valence-corrected chi connectivity index (χ1v) is 2.87. The van der Waals surface area contributed by atoms with Crippen LogP contribution in [0.15, 0.2) is 0 Å². The van der Waals surface area contributed by atoms with E-state index in [9.17, 15) is 9.18 Å². The first kappa shape index (κ1) is 6.48. The van der Waals surface area contributed by atoms with Crippen molar-refractivity contribution in [1.29, 1.82) is 0 Å². The van der Waals surface area contributed by atoms with Crippen molar-refractivity contribution in [2.45, 2.75) is 25.2 Å². The van der Waals surface area contributed by atoms with E-state index in [-0.39, 0.29) is 24.8 Å². The molecule has 4 heteroatoms. The summed E-state index contributed by atoms with van der Waals surface area (Å²) >= 11 is 0. The molecule has 0 aromatic carbocycles. The maximum absolute atomic E-state index is 12.3. The molecular weight excluding hydrogens is 123 g/mol. The largest absolute Gasteiger partial charge is 0.327 e. The third-order valence-corrected chi connectivity index (χ3v) is 1.27. The van der Waals surface area contributed by atoms with Gasteiger partial charge in [-0.15, -0.1) is 0 Å². The van der Waals surface area contributed by atoms with E-state index >= 15 is 0 Å². The van der Waals surface area contributed by atoms with Gasteiger partial charge in [0.15, 0.2) is 6.30 Å². The van der Waals surface area contributed by atoms with Gasteiger partial charge in [0.1, 0.15) is 0 Å².